The molecule has 0 spiro atoms. The average molecular weight is 287 g/mol. The predicted molar refractivity (Wildman–Crippen MR) is 78.1 cm³/mol. The van der Waals surface area contributed by atoms with E-state index in [1.54, 1.807) is 0 Å². The van der Waals surface area contributed by atoms with Gasteiger partial charge >= 0.3 is 5.69 Å². The van der Waals surface area contributed by atoms with Crippen LogP contribution >= 0.6 is 0 Å². The Hall–Kier alpha value is -2.37. The smallest absolute Gasteiger partial charge is 0.306 e. The number of imide groups is 1. The minimum Gasteiger partial charge on any atom is -0.306 e. The second-order valence-electron chi connectivity index (χ2n) is 5.70. The maximum atomic E-state index is 12.2. The van der Waals surface area contributed by atoms with Crippen LogP contribution < -0.4 is 11.0 Å². The third kappa shape index (κ3) is 2.26. The van der Waals surface area contributed by atoms with E-state index >= 15 is 0 Å². The maximum absolute atomic E-state index is 12.2. The number of rotatable bonds is 2. The number of carbonyl (C=O) groups excluding carboxylic acids is 2. The number of carbonyl (C=O) groups is 2. The number of piperidine rings is 1. The molecule has 6 heteroatoms. The van der Waals surface area contributed by atoms with Crippen molar-refractivity contribution in [1.29, 1.82) is 0 Å². The standard InChI is InChI=1S/C15H17N3O3/c1-8(2)9-3-4-11-10(7-9)16-15(21)18(11)12-5-6-13(19)17-14(12)20/h3-4,7-8,12H,5-6H2,1-2H3,(H,16,21)(H,17,19,20). The average Bonchev–Trinajstić information content (AvgIpc) is 2.74. The normalized spacial score (nSPS) is 19.3. The zero-order valence-corrected chi connectivity index (χ0v) is 12.0. The van der Waals surface area contributed by atoms with E-state index in [2.05, 4.69) is 24.1 Å². The number of aromatic amines is 1. The number of amides is 2. The number of benzene rings is 1. The van der Waals surface area contributed by atoms with Crippen LogP contribution in [0.15, 0.2) is 23.0 Å². The van der Waals surface area contributed by atoms with Gasteiger partial charge in [-0.05, 0) is 30.0 Å². The summed E-state index contributed by atoms with van der Waals surface area (Å²) >= 11 is 0. The lowest BCUT2D eigenvalue weighted by Gasteiger charge is -2.21. The number of imidazole rings is 1. The van der Waals surface area contributed by atoms with E-state index in [1.807, 2.05) is 18.2 Å². The molecule has 0 saturated carbocycles. The van der Waals surface area contributed by atoms with Gasteiger partial charge < -0.3 is 4.98 Å². The first-order valence-electron chi connectivity index (χ1n) is 7.05. The third-order valence-electron chi connectivity index (χ3n) is 3.93. The molecule has 21 heavy (non-hydrogen) atoms. The molecule has 1 aromatic carbocycles. The van der Waals surface area contributed by atoms with E-state index in [0.717, 1.165) is 11.1 Å². The molecule has 2 amide bonds. The number of fused-ring (bicyclic) bond motifs is 1. The topological polar surface area (TPSA) is 84.0 Å². The molecular weight excluding hydrogens is 270 g/mol. The van der Waals surface area contributed by atoms with Gasteiger partial charge in [-0.2, -0.15) is 0 Å². The molecule has 110 valence electrons. The van der Waals surface area contributed by atoms with Crippen molar-refractivity contribution in [3.63, 3.8) is 0 Å². The third-order valence-corrected chi connectivity index (χ3v) is 3.93. The molecule has 0 bridgehead atoms. The molecule has 3 rings (SSSR count). The molecule has 2 aromatic rings. The van der Waals surface area contributed by atoms with Gasteiger partial charge in [-0.15, -0.1) is 0 Å². The van der Waals surface area contributed by atoms with Crippen LogP contribution in [0.5, 0.6) is 0 Å². The summed E-state index contributed by atoms with van der Waals surface area (Å²) in [6.45, 7) is 4.16. The van der Waals surface area contributed by atoms with Crippen molar-refractivity contribution < 1.29 is 9.59 Å². The van der Waals surface area contributed by atoms with Crippen molar-refractivity contribution in [3.8, 4) is 0 Å². The molecule has 2 N–H and O–H groups in total. The minimum atomic E-state index is -0.631. The first kappa shape index (κ1) is 13.6. The van der Waals surface area contributed by atoms with Gasteiger partial charge in [-0.25, -0.2) is 4.79 Å². The summed E-state index contributed by atoms with van der Waals surface area (Å²) in [6.07, 6.45) is 0.600. The van der Waals surface area contributed by atoms with Crippen LogP contribution in [0.3, 0.4) is 0 Å². The number of nitrogens with one attached hydrogen (secondary N) is 2. The molecule has 1 saturated heterocycles. The molecule has 1 unspecified atom stereocenters. The van der Waals surface area contributed by atoms with Gasteiger partial charge in [-0.3, -0.25) is 19.5 Å². The highest BCUT2D eigenvalue weighted by molar-refractivity contribution is 6.00. The molecule has 0 radical (unpaired) electrons. The lowest BCUT2D eigenvalue weighted by molar-refractivity contribution is -0.135. The maximum Gasteiger partial charge on any atom is 0.327 e. The van der Waals surface area contributed by atoms with Crippen LogP contribution in [-0.2, 0) is 9.59 Å². The fourth-order valence-electron chi connectivity index (χ4n) is 2.75. The van der Waals surface area contributed by atoms with E-state index in [0.29, 0.717) is 17.9 Å². The SMILES string of the molecule is CC(C)c1ccc2c(c1)[nH]c(=O)n2C1CCC(=O)NC1=O. The molecule has 1 fully saturated rings. The first-order chi connectivity index (χ1) is 9.97. The molecule has 0 aliphatic carbocycles. The summed E-state index contributed by atoms with van der Waals surface area (Å²) in [4.78, 5) is 38.2. The van der Waals surface area contributed by atoms with Crippen molar-refractivity contribution in [1.82, 2.24) is 14.9 Å². The largest absolute Gasteiger partial charge is 0.327 e. The fraction of sp³-hybridized carbons (Fsp3) is 0.400. The monoisotopic (exact) mass is 287 g/mol. The van der Waals surface area contributed by atoms with Gasteiger partial charge in [0.25, 0.3) is 0 Å². The molecule has 1 aliphatic heterocycles. The van der Waals surface area contributed by atoms with E-state index in [9.17, 15) is 14.4 Å². The second kappa shape index (κ2) is 4.87. The number of hydrogen-bond acceptors (Lipinski definition) is 3. The zero-order chi connectivity index (χ0) is 15.1. The highest BCUT2D eigenvalue weighted by Crippen LogP contribution is 2.24. The number of hydrogen-bond donors (Lipinski definition) is 2. The molecule has 1 atom stereocenters. The summed E-state index contributed by atoms with van der Waals surface area (Å²) in [5.41, 5.74) is 2.22. The first-order valence-corrected chi connectivity index (χ1v) is 7.05. The summed E-state index contributed by atoms with van der Waals surface area (Å²) in [7, 11) is 0. The van der Waals surface area contributed by atoms with E-state index in [1.165, 1.54) is 4.57 Å². The molecule has 1 aromatic heterocycles. The van der Waals surface area contributed by atoms with Crippen LogP contribution in [0.4, 0.5) is 0 Å². The Kier molecular flexibility index (Phi) is 3.16. The summed E-state index contributed by atoms with van der Waals surface area (Å²) in [6, 6.07) is 5.12. The summed E-state index contributed by atoms with van der Waals surface area (Å²) in [5.74, 6) is -0.342. The van der Waals surface area contributed by atoms with Gasteiger partial charge in [-0.1, -0.05) is 19.9 Å². The van der Waals surface area contributed by atoms with Crippen molar-refractivity contribution >= 4 is 22.8 Å². The lowest BCUT2D eigenvalue weighted by atomic mass is 10.0. The van der Waals surface area contributed by atoms with Gasteiger partial charge in [0.1, 0.15) is 6.04 Å². The Bertz CT molecular complexity index is 785. The quantitative estimate of drug-likeness (QED) is 0.820. The Morgan fingerprint density at radius 1 is 1.24 bits per heavy atom. The molecular formula is C15H17N3O3. The van der Waals surface area contributed by atoms with Crippen LogP contribution in [-0.4, -0.2) is 21.4 Å². The van der Waals surface area contributed by atoms with Crippen molar-refractivity contribution in [2.75, 3.05) is 0 Å². The number of nitrogens with zero attached hydrogens (tertiary/aromatic N) is 1. The molecule has 2 heterocycles. The molecule has 6 nitrogen and oxygen atoms in total. The van der Waals surface area contributed by atoms with Crippen molar-refractivity contribution in [2.24, 2.45) is 0 Å². The Labute approximate surface area is 121 Å². The van der Waals surface area contributed by atoms with Gasteiger partial charge in [0.2, 0.25) is 11.8 Å². The minimum absolute atomic E-state index is 0.250. The number of aromatic nitrogens is 2. The van der Waals surface area contributed by atoms with E-state index < -0.39 is 11.9 Å². The lowest BCUT2D eigenvalue weighted by Crippen LogP contribution is -2.43. The highest BCUT2D eigenvalue weighted by Gasteiger charge is 2.30. The highest BCUT2D eigenvalue weighted by atomic mass is 16.2. The van der Waals surface area contributed by atoms with Crippen molar-refractivity contribution in [3.05, 3.63) is 34.2 Å². The van der Waals surface area contributed by atoms with Gasteiger partial charge in [0.15, 0.2) is 0 Å². The second-order valence-corrected chi connectivity index (χ2v) is 5.70. The Balaban J connectivity index is 2.11. The van der Waals surface area contributed by atoms with Gasteiger partial charge in [0, 0.05) is 6.42 Å². The Morgan fingerprint density at radius 2 is 2.00 bits per heavy atom. The summed E-state index contributed by atoms with van der Waals surface area (Å²) < 4.78 is 1.45. The number of H-pyrrole nitrogens is 1. The van der Waals surface area contributed by atoms with Crippen LogP contribution in [0.2, 0.25) is 0 Å². The predicted octanol–water partition coefficient (Wildman–Crippen LogP) is 1.43. The van der Waals surface area contributed by atoms with E-state index in [-0.39, 0.29) is 18.0 Å². The Morgan fingerprint density at radius 3 is 2.67 bits per heavy atom. The van der Waals surface area contributed by atoms with Crippen LogP contribution in [0.25, 0.3) is 11.0 Å². The summed E-state index contributed by atoms with van der Waals surface area (Å²) in [5, 5.41) is 2.29. The van der Waals surface area contributed by atoms with Crippen molar-refractivity contribution in [2.45, 2.75) is 38.6 Å². The zero-order valence-electron chi connectivity index (χ0n) is 12.0. The van der Waals surface area contributed by atoms with E-state index in [4.69, 9.17) is 0 Å². The van der Waals surface area contributed by atoms with Crippen LogP contribution in [0.1, 0.15) is 44.2 Å². The van der Waals surface area contributed by atoms with Crippen LogP contribution in [0, 0.1) is 0 Å². The molecule has 1 aliphatic rings. The fourth-order valence-corrected chi connectivity index (χ4v) is 2.75. The van der Waals surface area contributed by atoms with Gasteiger partial charge in [0.05, 0.1) is 11.0 Å².